The molecular formula is C10H10BrFN4. The third kappa shape index (κ3) is 2.21. The quantitative estimate of drug-likeness (QED) is 0.919. The van der Waals surface area contributed by atoms with E-state index in [1.165, 1.54) is 12.1 Å². The fraction of sp³-hybridized carbons (Fsp3) is 0.200. The Morgan fingerprint density at radius 3 is 2.88 bits per heavy atom. The fourth-order valence-electron chi connectivity index (χ4n) is 1.41. The van der Waals surface area contributed by atoms with Crippen molar-refractivity contribution in [3.8, 4) is 0 Å². The molecule has 0 spiro atoms. The van der Waals surface area contributed by atoms with Crippen LogP contribution < -0.4 is 5.73 Å². The molecule has 2 aromatic rings. The van der Waals surface area contributed by atoms with Crippen LogP contribution >= 0.6 is 15.9 Å². The standard InChI is InChI=1S/C10H10BrFN4/c1-6-2-3-8(12)4-7(6)5-16-9(11)14-10(13)15-16/h2-4H,5H2,1H3,(H2,13,15). The lowest BCUT2D eigenvalue weighted by atomic mass is 10.1. The second-order valence-corrected chi connectivity index (χ2v) is 4.18. The minimum absolute atomic E-state index is 0.195. The average Bonchev–Trinajstić information content (AvgIpc) is 2.51. The maximum Gasteiger partial charge on any atom is 0.240 e. The van der Waals surface area contributed by atoms with Crippen LogP contribution in [0.25, 0.3) is 0 Å². The van der Waals surface area contributed by atoms with Crippen molar-refractivity contribution in [2.75, 3.05) is 5.73 Å². The summed E-state index contributed by atoms with van der Waals surface area (Å²) in [6.45, 7) is 2.36. The van der Waals surface area contributed by atoms with Gasteiger partial charge in [-0.2, -0.15) is 4.98 Å². The second kappa shape index (κ2) is 4.21. The van der Waals surface area contributed by atoms with Gasteiger partial charge in [-0.05, 0) is 46.1 Å². The van der Waals surface area contributed by atoms with Crippen LogP contribution in [0.3, 0.4) is 0 Å². The molecule has 0 fully saturated rings. The Hall–Kier alpha value is -1.43. The highest BCUT2D eigenvalue weighted by Crippen LogP contribution is 2.15. The van der Waals surface area contributed by atoms with E-state index in [1.807, 2.05) is 6.92 Å². The molecule has 84 valence electrons. The summed E-state index contributed by atoms with van der Waals surface area (Å²) in [4.78, 5) is 3.91. The van der Waals surface area contributed by atoms with Gasteiger partial charge in [0.05, 0.1) is 6.54 Å². The Kier molecular flexibility index (Phi) is 2.91. The second-order valence-electron chi connectivity index (χ2n) is 3.47. The first-order chi connectivity index (χ1) is 7.56. The highest BCUT2D eigenvalue weighted by atomic mass is 79.9. The predicted octanol–water partition coefficient (Wildman–Crippen LogP) is 2.12. The first kappa shape index (κ1) is 11.1. The van der Waals surface area contributed by atoms with Crippen LogP contribution in [-0.4, -0.2) is 14.8 Å². The van der Waals surface area contributed by atoms with E-state index in [0.29, 0.717) is 11.3 Å². The van der Waals surface area contributed by atoms with E-state index in [4.69, 9.17) is 5.73 Å². The molecule has 1 aromatic heterocycles. The molecule has 2 N–H and O–H groups in total. The van der Waals surface area contributed by atoms with Crippen molar-refractivity contribution < 1.29 is 4.39 Å². The summed E-state index contributed by atoms with van der Waals surface area (Å²) in [5, 5.41) is 3.99. The van der Waals surface area contributed by atoms with E-state index in [0.717, 1.165) is 11.1 Å². The van der Waals surface area contributed by atoms with Gasteiger partial charge in [0.15, 0.2) is 4.73 Å². The largest absolute Gasteiger partial charge is 0.366 e. The molecule has 0 saturated carbocycles. The number of hydrogen-bond donors (Lipinski definition) is 1. The molecule has 4 nitrogen and oxygen atoms in total. The van der Waals surface area contributed by atoms with E-state index < -0.39 is 0 Å². The van der Waals surface area contributed by atoms with Gasteiger partial charge in [-0.3, -0.25) is 0 Å². The first-order valence-corrected chi connectivity index (χ1v) is 5.46. The van der Waals surface area contributed by atoms with Gasteiger partial charge >= 0.3 is 0 Å². The van der Waals surface area contributed by atoms with E-state index >= 15 is 0 Å². The normalized spacial score (nSPS) is 10.7. The SMILES string of the molecule is Cc1ccc(F)cc1Cn1nc(N)nc1Br. The highest BCUT2D eigenvalue weighted by molar-refractivity contribution is 9.10. The van der Waals surface area contributed by atoms with Crippen molar-refractivity contribution >= 4 is 21.9 Å². The summed E-state index contributed by atoms with van der Waals surface area (Å²) < 4.78 is 15.2. The molecule has 0 aliphatic carbocycles. The molecule has 0 unspecified atom stereocenters. The van der Waals surface area contributed by atoms with Crippen molar-refractivity contribution in [2.45, 2.75) is 13.5 Å². The van der Waals surface area contributed by atoms with Crippen LogP contribution in [-0.2, 0) is 6.54 Å². The number of aromatic nitrogens is 3. The van der Waals surface area contributed by atoms with Crippen LogP contribution in [0.5, 0.6) is 0 Å². The Bertz CT molecular complexity index is 524. The Morgan fingerprint density at radius 1 is 1.50 bits per heavy atom. The topological polar surface area (TPSA) is 56.7 Å². The van der Waals surface area contributed by atoms with E-state index in [2.05, 4.69) is 26.0 Å². The van der Waals surface area contributed by atoms with Gasteiger partial charge in [0.2, 0.25) is 5.95 Å². The molecule has 0 saturated heterocycles. The van der Waals surface area contributed by atoms with Gasteiger partial charge in [-0.1, -0.05) is 6.07 Å². The Balaban J connectivity index is 2.33. The molecule has 0 bridgehead atoms. The number of hydrogen-bond acceptors (Lipinski definition) is 3. The molecule has 0 aliphatic rings. The molecule has 0 atom stereocenters. The fourth-order valence-corrected chi connectivity index (χ4v) is 1.80. The zero-order valence-electron chi connectivity index (χ0n) is 8.61. The highest BCUT2D eigenvalue weighted by Gasteiger charge is 2.07. The minimum Gasteiger partial charge on any atom is -0.366 e. The molecule has 0 aliphatic heterocycles. The van der Waals surface area contributed by atoms with Crippen LogP contribution in [0, 0.1) is 12.7 Å². The van der Waals surface area contributed by atoms with Crippen molar-refractivity contribution in [1.29, 1.82) is 0 Å². The average molecular weight is 285 g/mol. The number of benzene rings is 1. The van der Waals surface area contributed by atoms with Crippen LogP contribution in [0.1, 0.15) is 11.1 Å². The van der Waals surface area contributed by atoms with Crippen LogP contribution in [0.4, 0.5) is 10.3 Å². The van der Waals surface area contributed by atoms with Gasteiger partial charge in [-0.25, -0.2) is 9.07 Å². The zero-order chi connectivity index (χ0) is 11.7. The summed E-state index contributed by atoms with van der Waals surface area (Å²) in [5.74, 6) is -0.0641. The lowest BCUT2D eigenvalue weighted by Gasteiger charge is -2.06. The van der Waals surface area contributed by atoms with Crippen LogP contribution in [0.15, 0.2) is 22.9 Å². The predicted molar refractivity (Wildman–Crippen MR) is 62.4 cm³/mol. The summed E-state index contributed by atoms with van der Waals surface area (Å²) in [7, 11) is 0. The molecule has 16 heavy (non-hydrogen) atoms. The van der Waals surface area contributed by atoms with Gasteiger partial charge in [-0.15, -0.1) is 5.10 Å². The Morgan fingerprint density at radius 2 is 2.25 bits per heavy atom. The van der Waals surface area contributed by atoms with E-state index in [1.54, 1.807) is 10.7 Å². The molecule has 2 rings (SSSR count). The van der Waals surface area contributed by atoms with Crippen molar-refractivity contribution in [3.05, 3.63) is 39.9 Å². The summed E-state index contributed by atoms with van der Waals surface area (Å²) in [6, 6.07) is 4.65. The third-order valence-electron chi connectivity index (χ3n) is 2.27. The number of anilines is 1. The maximum absolute atomic E-state index is 13.1. The number of halogens is 2. The molecular weight excluding hydrogens is 275 g/mol. The smallest absolute Gasteiger partial charge is 0.240 e. The molecule has 0 amide bonds. The van der Waals surface area contributed by atoms with Gasteiger partial charge in [0, 0.05) is 0 Å². The zero-order valence-corrected chi connectivity index (χ0v) is 10.2. The lowest BCUT2D eigenvalue weighted by Crippen LogP contribution is -2.04. The molecule has 0 radical (unpaired) electrons. The minimum atomic E-state index is -0.259. The number of nitrogens with zero attached hydrogens (tertiary/aromatic N) is 3. The molecule has 1 heterocycles. The van der Waals surface area contributed by atoms with Crippen molar-refractivity contribution in [1.82, 2.24) is 14.8 Å². The van der Waals surface area contributed by atoms with Crippen molar-refractivity contribution in [2.24, 2.45) is 0 Å². The molecule has 1 aromatic carbocycles. The van der Waals surface area contributed by atoms with Crippen molar-refractivity contribution in [3.63, 3.8) is 0 Å². The number of rotatable bonds is 2. The summed E-state index contributed by atoms with van der Waals surface area (Å²) >= 11 is 3.23. The maximum atomic E-state index is 13.1. The third-order valence-corrected chi connectivity index (χ3v) is 2.86. The number of nitrogens with two attached hydrogens (primary N) is 1. The van der Waals surface area contributed by atoms with E-state index in [-0.39, 0.29) is 11.8 Å². The Labute approximate surface area is 100 Å². The summed E-state index contributed by atoms with van der Waals surface area (Å²) in [6.07, 6.45) is 0. The number of nitrogen functional groups attached to an aromatic ring is 1. The van der Waals surface area contributed by atoms with E-state index in [9.17, 15) is 4.39 Å². The van der Waals surface area contributed by atoms with Crippen LogP contribution in [0.2, 0.25) is 0 Å². The summed E-state index contributed by atoms with van der Waals surface area (Å²) in [5.41, 5.74) is 7.31. The van der Waals surface area contributed by atoms with Gasteiger partial charge in [0.25, 0.3) is 0 Å². The first-order valence-electron chi connectivity index (χ1n) is 4.67. The monoisotopic (exact) mass is 284 g/mol. The molecule has 6 heteroatoms. The lowest BCUT2D eigenvalue weighted by molar-refractivity contribution is 0.616. The van der Waals surface area contributed by atoms with Gasteiger partial charge < -0.3 is 5.73 Å². The number of aryl methyl sites for hydroxylation is 1. The van der Waals surface area contributed by atoms with Gasteiger partial charge in [0.1, 0.15) is 5.82 Å².